The quantitative estimate of drug-likeness (QED) is 0.884. The van der Waals surface area contributed by atoms with Crippen LogP contribution in [-0.4, -0.2) is 38.9 Å². The van der Waals surface area contributed by atoms with Crippen LogP contribution in [0.3, 0.4) is 0 Å². The Morgan fingerprint density at radius 3 is 2.63 bits per heavy atom. The van der Waals surface area contributed by atoms with Gasteiger partial charge in [0.2, 0.25) is 5.28 Å². The van der Waals surface area contributed by atoms with E-state index in [0.29, 0.717) is 11.0 Å². The van der Waals surface area contributed by atoms with E-state index in [1.165, 1.54) is 6.20 Å². The predicted octanol–water partition coefficient (Wildman–Crippen LogP) is 2.78. The number of hydrogen-bond acceptors (Lipinski definition) is 4. The van der Waals surface area contributed by atoms with Crippen LogP contribution >= 0.6 is 11.6 Å². The van der Waals surface area contributed by atoms with Crippen molar-refractivity contribution >= 4 is 28.5 Å². The van der Waals surface area contributed by atoms with Gasteiger partial charge in [0.15, 0.2) is 5.65 Å². The largest absolute Gasteiger partial charge is 0.405 e. The van der Waals surface area contributed by atoms with Crippen LogP contribution in [-0.2, 0) is 0 Å². The minimum atomic E-state index is -4.34. The molecule has 0 unspecified atom stereocenters. The van der Waals surface area contributed by atoms with Gasteiger partial charge < -0.3 is 4.90 Å². The normalized spacial score (nSPS) is 12.4. The zero-order valence-corrected chi connectivity index (χ0v) is 10.9. The first kappa shape index (κ1) is 13.9. The minimum Gasteiger partial charge on any atom is -0.344 e. The molecule has 2 aromatic rings. The van der Waals surface area contributed by atoms with Crippen molar-refractivity contribution in [3.8, 4) is 0 Å². The second-order valence-electron chi connectivity index (χ2n) is 4.29. The first-order chi connectivity index (χ1) is 8.78. The molecule has 0 aliphatic heterocycles. The first-order valence-corrected chi connectivity index (χ1v) is 5.86. The summed E-state index contributed by atoms with van der Waals surface area (Å²) in [5.74, 6) is 0.121. The van der Waals surface area contributed by atoms with Gasteiger partial charge in [-0.05, 0) is 25.4 Å². The number of anilines is 1. The molecule has 0 atom stereocenters. The molecule has 2 rings (SSSR count). The maximum atomic E-state index is 12.6. The molecular formula is C10H11ClF3N5. The highest BCUT2D eigenvalue weighted by atomic mass is 35.5. The van der Waals surface area contributed by atoms with Crippen LogP contribution in [0.1, 0.15) is 13.8 Å². The molecule has 19 heavy (non-hydrogen) atoms. The first-order valence-electron chi connectivity index (χ1n) is 5.48. The highest BCUT2D eigenvalue weighted by Crippen LogP contribution is 2.28. The van der Waals surface area contributed by atoms with Gasteiger partial charge in [0.25, 0.3) is 0 Å². The third-order valence-corrected chi connectivity index (χ3v) is 2.68. The van der Waals surface area contributed by atoms with Crippen LogP contribution in [0.15, 0.2) is 6.20 Å². The summed E-state index contributed by atoms with van der Waals surface area (Å²) in [5, 5.41) is 6.59. The molecule has 0 spiro atoms. The summed E-state index contributed by atoms with van der Waals surface area (Å²) in [7, 11) is 0. The number of nitrogens with one attached hydrogen (secondary N) is 1. The predicted molar refractivity (Wildman–Crippen MR) is 65.2 cm³/mol. The van der Waals surface area contributed by atoms with Crippen molar-refractivity contribution in [3.63, 3.8) is 0 Å². The molecule has 0 amide bonds. The van der Waals surface area contributed by atoms with Gasteiger partial charge in [-0.1, -0.05) is 0 Å². The molecular weight excluding hydrogens is 283 g/mol. The second kappa shape index (κ2) is 4.84. The van der Waals surface area contributed by atoms with E-state index < -0.39 is 18.8 Å². The lowest BCUT2D eigenvalue weighted by Gasteiger charge is -2.29. The average molecular weight is 294 g/mol. The van der Waals surface area contributed by atoms with Crippen LogP contribution in [0.25, 0.3) is 11.0 Å². The topological polar surface area (TPSA) is 57.7 Å². The van der Waals surface area contributed by atoms with Crippen LogP contribution in [0.4, 0.5) is 19.0 Å². The third-order valence-electron chi connectivity index (χ3n) is 2.51. The van der Waals surface area contributed by atoms with Crippen molar-refractivity contribution in [1.82, 2.24) is 20.2 Å². The fraction of sp³-hybridized carbons (Fsp3) is 0.500. The zero-order chi connectivity index (χ0) is 14.2. The van der Waals surface area contributed by atoms with E-state index >= 15 is 0 Å². The molecule has 104 valence electrons. The molecule has 0 saturated heterocycles. The maximum absolute atomic E-state index is 12.6. The smallest absolute Gasteiger partial charge is 0.344 e. The Labute approximate surface area is 111 Å². The van der Waals surface area contributed by atoms with Crippen LogP contribution < -0.4 is 4.90 Å². The molecule has 2 heterocycles. The van der Waals surface area contributed by atoms with Gasteiger partial charge in [0.1, 0.15) is 12.4 Å². The van der Waals surface area contributed by atoms with Gasteiger partial charge in [-0.25, -0.2) is 0 Å². The Bertz CT molecular complexity index is 580. The molecule has 0 fully saturated rings. The highest BCUT2D eigenvalue weighted by molar-refractivity contribution is 6.28. The van der Waals surface area contributed by atoms with Crippen LogP contribution in [0, 0.1) is 0 Å². The number of aromatic nitrogens is 4. The summed E-state index contributed by atoms with van der Waals surface area (Å²) in [4.78, 5) is 8.88. The summed E-state index contributed by atoms with van der Waals surface area (Å²) in [6.07, 6.45) is -2.95. The molecule has 0 aromatic carbocycles. The monoisotopic (exact) mass is 293 g/mol. The Morgan fingerprint density at radius 1 is 1.37 bits per heavy atom. The molecule has 0 saturated carbocycles. The van der Waals surface area contributed by atoms with E-state index in [0.717, 1.165) is 4.90 Å². The molecule has 0 aliphatic carbocycles. The van der Waals surface area contributed by atoms with Crippen LogP contribution in [0.2, 0.25) is 5.28 Å². The molecule has 0 aliphatic rings. The lowest BCUT2D eigenvalue weighted by molar-refractivity contribution is -0.120. The molecule has 1 N–H and O–H groups in total. The van der Waals surface area contributed by atoms with Crippen molar-refractivity contribution in [2.24, 2.45) is 0 Å². The summed E-state index contributed by atoms with van der Waals surface area (Å²) < 4.78 is 37.9. The Balaban J connectivity index is 2.52. The van der Waals surface area contributed by atoms with Gasteiger partial charge in [-0.3, -0.25) is 5.10 Å². The van der Waals surface area contributed by atoms with Crippen molar-refractivity contribution in [3.05, 3.63) is 11.5 Å². The van der Waals surface area contributed by atoms with E-state index in [4.69, 9.17) is 11.6 Å². The fourth-order valence-corrected chi connectivity index (χ4v) is 1.87. The summed E-state index contributed by atoms with van der Waals surface area (Å²) in [6, 6.07) is -0.398. The second-order valence-corrected chi connectivity index (χ2v) is 4.62. The Kier molecular flexibility index (Phi) is 3.53. The summed E-state index contributed by atoms with van der Waals surface area (Å²) in [6.45, 7) is 2.18. The van der Waals surface area contributed by atoms with E-state index in [2.05, 4.69) is 20.2 Å². The number of nitrogens with zero attached hydrogens (tertiary/aromatic N) is 4. The molecule has 5 nitrogen and oxygen atoms in total. The lowest BCUT2D eigenvalue weighted by atomic mass is 10.2. The minimum absolute atomic E-state index is 0.121. The van der Waals surface area contributed by atoms with E-state index in [-0.39, 0.29) is 11.1 Å². The summed E-state index contributed by atoms with van der Waals surface area (Å²) >= 11 is 5.72. The molecule has 0 bridgehead atoms. The summed E-state index contributed by atoms with van der Waals surface area (Å²) in [5.41, 5.74) is 0.308. The Morgan fingerprint density at radius 2 is 2.05 bits per heavy atom. The van der Waals surface area contributed by atoms with E-state index in [1.54, 1.807) is 13.8 Å². The number of hydrogen-bond donors (Lipinski definition) is 1. The van der Waals surface area contributed by atoms with Gasteiger partial charge in [0, 0.05) is 6.04 Å². The molecule has 9 heteroatoms. The van der Waals surface area contributed by atoms with Gasteiger partial charge >= 0.3 is 6.18 Å². The maximum Gasteiger partial charge on any atom is 0.405 e. The van der Waals surface area contributed by atoms with Crippen molar-refractivity contribution in [2.75, 3.05) is 11.4 Å². The molecule has 0 radical (unpaired) electrons. The number of rotatable bonds is 3. The van der Waals surface area contributed by atoms with Crippen molar-refractivity contribution in [2.45, 2.75) is 26.1 Å². The number of alkyl halides is 3. The Hall–Kier alpha value is -1.57. The fourth-order valence-electron chi connectivity index (χ4n) is 1.71. The SMILES string of the molecule is CC(C)N(CC(F)(F)F)c1nc(Cl)nc2[nH]ncc12. The van der Waals surface area contributed by atoms with Gasteiger partial charge in [-0.2, -0.15) is 28.2 Å². The average Bonchev–Trinajstić information content (AvgIpc) is 2.71. The number of aromatic amines is 1. The molecule has 2 aromatic heterocycles. The van der Waals surface area contributed by atoms with E-state index in [1.807, 2.05) is 0 Å². The van der Waals surface area contributed by atoms with Gasteiger partial charge in [-0.15, -0.1) is 0 Å². The van der Waals surface area contributed by atoms with Crippen molar-refractivity contribution in [1.29, 1.82) is 0 Å². The standard InChI is InChI=1S/C10H11ClF3N5/c1-5(2)19(4-10(12,13)14)8-6-3-15-18-7(6)16-9(11)17-8/h3,5H,4H2,1-2H3,(H,15,16,17,18). The number of fused-ring (bicyclic) bond motifs is 1. The lowest BCUT2D eigenvalue weighted by Crippen LogP contribution is -2.39. The third kappa shape index (κ3) is 3.06. The van der Waals surface area contributed by atoms with Crippen molar-refractivity contribution < 1.29 is 13.2 Å². The van der Waals surface area contributed by atoms with E-state index in [9.17, 15) is 13.2 Å². The van der Waals surface area contributed by atoms with Gasteiger partial charge in [0.05, 0.1) is 11.6 Å². The zero-order valence-electron chi connectivity index (χ0n) is 10.2. The highest BCUT2D eigenvalue weighted by Gasteiger charge is 2.33. The van der Waals surface area contributed by atoms with Crippen LogP contribution in [0.5, 0.6) is 0 Å². The number of halogens is 4. The number of H-pyrrole nitrogens is 1.